The highest BCUT2D eigenvalue weighted by atomic mass is 127. The first-order valence-electron chi connectivity index (χ1n) is 11.2. The molecule has 1 saturated heterocycles. The topological polar surface area (TPSA) is 113 Å². The Bertz CT molecular complexity index is 1330. The van der Waals surface area contributed by atoms with Gasteiger partial charge in [0.2, 0.25) is 0 Å². The van der Waals surface area contributed by atoms with Gasteiger partial charge in [-0.05, 0) is 77.6 Å². The largest absolute Gasteiger partial charge is 0.490 e. The molecular formula is C27H21IN2O7. The summed E-state index contributed by atoms with van der Waals surface area (Å²) in [5.74, 6) is -2.19. The predicted molar refractivity (Wildman–Crippen MR) is 145 cm³/mol. The number of barbiturate groups is 1. The standard InChI is InChI=1S/C27H21IN2O7/c1-2-36-22-15-17(14-21(28)24(22)37-16-23(31)32)13-20-25(33)29(18-9-5-3-6-10-18)27(35)30(26(20)34)19-11-7-4-8-12-19/h3-15H,2,16H2,1H3,(H,31,32). The summed E-state index contributed by atoms with van der Waals surface area (Å²) in [5.41, 5.74) is 0.838. The summed E-state index contributed by atoms with van der Waals surface area (Å²) in [5, 5.41) is 8.99. The van der Waals surface area contributed by atoms with E-state index < -0.39 is 30.4 Å². The van der Waals surface area contributed by atoms with Gasteiger partial charge in [-0.2, -0.15) is 0 Å². The van der Waals surface area contributed by atoms with Crippen LogP contribution in [-0.2, 0) is 14.4 Å². The van der Waals surface area contributed by atoms with E-state index in [9.17, 15) is 19.2 Å². The molecule has 0 atom stereocenters. The van der Waals surface area contributed by atoms with Crippen LogP contribution >= 0.6 is 22.6 Å². The number of urea groups is 1. The van der Waals surface area contributed by atoms with Gasteiger partial charge in [-0.1, -0.05) is 36.4 Å². The van der Waals surface area contributed by atoms with Crippen molar-refractivity contribution in [3.05, 3.63) is 87.5 Å². The van der Waals surface area contributed by atoms with Crippen LogP contribution in [0.15, 0.2) is 78.4 Å². The molecule has 3 aromatic rings. The van der Waals surface area contributed by atoms with Crippen molar-refractivity contribution in [1.29, 1.82) is 0 Å². The maximum absolute atomic E-state index is 13.5. The summed E-state index contributed by atoms with van der Waals surface area (Å²) in [6, 6.07) is 19.1. The molecule has 1 aliphatic heterocycles. The average molecular weight is 612 g/mol. The van der Waals surface area contributed by atoms with Gasteiger partial charge >= 0.3 is 12.0 Å². The highest BCUT2D eigenvalue weighted by Crippen LogP contribution is 2.36. The molecule has 0 aliphatic carbocycles. The molecular weight excluding hydrogens is 591 g/mol. The number of carboxylic acids is 1. The van der Waals surface area contributed by atoms with E-state index in [1.54, 1.807) is 79.7 Å². The number of para-hydroxylation sites is 2. The summed E-state index contributed by atoms with van der Waals surface area (Å²) < 4.78 is 11.5. The van der Waals surface area contributed by atoms with Crippen LogP contribution in [0.4, 0.5) is 16.2 Å². The predicted octanol–water partition coefficient (Wildman–Crippen LogP) is 4.74. The van der Waals surface area contributed by atoms with Crippen LogP contribution in [0.3, 0.4) is 0 Å². The second-order valence-electron chi connectivity index (χ2n) is 7.74. The minimum absolute atomic E-state index is 0.232. The van der Waals surface area contributed by atoms with Crippen molar-refractivity contribution >= 4 is 63.9 Å². The van der Waals surface area contributed by atoms with Crippen LogP contribution < -0.4 is 19.3 Å². The second kappa shape index (κ2) is 11.2. The molecule has 9 nitrogen and oxygen atoms in total. The Kier molecular flexibility index (Phi) is 7.87. The Morgan fingerprint density at radius 2 is 1.43 bits per heavy atom. The Morgan fingerprint density at radius 3 is 1.92 bits per heavy atom. The lowest BCUT2D eigenvalue weighted by Gasteiger charge is -2.34. The van der Waals surface area contributed by atoms with E-state index >= 15 is 0 Å². The highest BCUT2D eigenvalue weighted by Gasteiger charge is 2.43. The second-order valence-corrected chi connectivity index (χ2v) is 8.90. The summed E-state index contributed by atoms with van der Waals surface area (Å²) in [7, 11) is 0. The number of imide groups is 2. The number of benzene rings is 3. The lowest BCUT2D eigenvalue weighted by atomic mass is 10.0. The number of halogens is 1. The number of carbonyl (C=O) groups excluding carboxylic acids is 3. The van der Waals surface area contributed by atoms with E-state index in [0.717, 1.165) is 9.80 Å². The first kappa shape index (κ1) is 25.9. The SMILES string of the molecule is CCOc1cc(C=C2C(=O)N(c3ccccc3)C(=O)N(c3ccccc3)C2=O)cc(I)c1OCC(=O)O. The monoisotopic (exact) mass is 612 g/mol. The maximum atomic E-state index is 13.5. The van der Waals surface area contributed by atoms with E-state index in [-0.39, 0.29) is 23.7 Å². The van der Waals surface area contributed by atoms with Crippen LogP contribution in [0, 0.1) is 3.57 Å². The van der Waals surface area contributed by atoms with Crippen molar-refractivity contribution in [3.8, 4) is 11.5 Å². The first-order valence-corrected chi connectivity index (χ1v) is 12.2. The van der Waals surface area contributed by atoms with Gasteiger partial charge in [0.1, 0.15) is 5.57 Å². The third-order valence-electron chi connectivity index (χ3n) is 5.26. The van der Waals surface area contributed by atoms with Crippen molar-refractivity contribution in [2.24, 2.45) is 0 Å². The Labute approximate surface area is 226 Å². The molecule has 0 saturated carbocycles. The number of hydrogen-bond acceptors (Lipinski definition) is 6. The summed E-state index contributed by atoms with van der Waals surface area (Å²) in [6.07, 6.45) is 1.38. The molecule has 1 heterocycles. The molecule has 1 aliphatic rings. The fraction of sp³-hybridized carbons (Fsp3) is 0.111. The van der Waals surface area contributed by atoms with Gasteiger partial charge in [-0.15, -0.1) is 0 Å². The Hall–Kier alpha value is -4.19. The van der Waals surface area contributed by atoms with Gasteiger partial charge in [-0.3, -0.25) is 9.59 Å². The number of anilines is 2. The van der Waals surface area contributed by atoms with Gasteiger partial charge in [-0.25, -0.2) is 19.4 Å². The molecule has 0 spiro atoms. The van der Waals surface area contributed by atoms with Crippen LogP contribution in [0.25, 0.3) is 6.08 Å². The number of rotatable bonds is 8. The van der Waals surface area contributed by atoms with Crippen LogP contribution in [0.5, 0.6) is 11.5 Å². The number of nitrogens with zero attached hydrogens (tertiary/aromatic N) is 2. The lowest BCUT2D eigenvalue weighted by molar-refractivity contribution is -0.139. The molecule has 0 aromatic heterocycles. The van der Waals surface area contributed by atoms with Gasteiger partial charge in [0.25, 0.3) is 11.8 Å². The number of amides is 4. The quantitative estimate of drug-likeness (QED) is 0.222. The summed E-state index contributed by atoms with van der Waals surface area (Å²) in [4.78, 5) is 53.4. The van der Waals surface area contributed by atoms with Crippen molar-refractivity contribution < 1.29 is 33.8 Å². The molecule has 4 rings (SSSR count). The summed E-state index contributed by atoms with van der Waals surface area (Å²) >= 11 is 1.96. The van der Waals surface area contributed by atoms with Gasteiger partial charge in [0.05, 0.1) is 21.6 Å². The Morgan fingerprint density at radius 1 is 0.892 bits per heavy atom. The zero-order chi connectivity index (χ0) is 26.5. The zero-order valence-corrected chi connectivity index (χ0v) is 21.7. The van der Waals surface area contributed by atoms with Crippen LogP contribution in [0.2, 0.25) is 0 Å². The molecule has 1 N–H and O–H groups in total. The minimum atomic E-state index is -1.14. The molecule has 37 heavy (non-hydrogen) atoms. The van der Waals surface area contributed by atoms with Crippen LogP contribution in [0.1, 0.15) is 12.5 Å². The van der Waals surface area contributed by atoms with E-state index in [0.29, 0.717) is 20.5 Å². The molecule has 0 radical (unpaired) electrons. The molecule has 188 valence electrons. The highest BCUT2D eigenvalue weighted by molar-refractivity contribution is 14.1. The number of ether oxygens (including phenoxy) is 2. The normalized spacial score (nSPS) is 13.6. The maximum Gasteiger partial charge on any atom is 0.343 e. The first-order chi connectivity index (χ1) is 17.8. The van der Waals surface area contributed by atoms with Gasteiger partial charge in [0, 0.05) is 0 Å². The summed E-state index contributed by atoms with van der Waals surface area (Å²) in [6.45, 7) is 1.47. The number of carbonyl (C=O) groups is 4. The molecule has 4 amide bonds. The lowest BCUT2D eigenvalue weighted by Crippen LogP contribution is -2.57. The minimum Gasteiger partial charge on any atom is -0.490 e. The molecule has 0 bridgehead atoms. The van der Waals surface area contributed by atoms with Gasteiger partial charge < -0.3 is 14.6 Å². The fourth-order valence-corrected chi connectivity index (χ4v) is 4.50. The molecule has 1 fully saturated rings. The van der Waals surface area contributed by atoms with E-state index in [1.807, 2.05) is 22.6 Å². The van der Waals surface area contributed by atoms with Crippen molar-refractivity contribution in [1.82, 2.24) is 0 Å². The van der Waals surface area contributed by atoms with E-state index in [2.05, 4.69) is 0 Å². The van der Waals surface area contributed by atoms with Crippen molar-refractivity contribution in [3.63, 3.8) is 0 Å². The molecule has 0 unspecified atom stereocenters. The fourth-order valence-electron chi connectivity index (χ4n) is 3.71. The van der Waals surface area contributed by atoms with Crippen LogP contribution in [-0.4, -0.2) is 42.1 Å². The average Bonchev–Trinajstić information content (AvgIpc) is 2.87. The zero-order valence-electron chi connectivity index (χ0n) is 19.6. The van der Waals surface area contributed by atoms with E-state index in [1.165, 1.54) is 6.08 Å². The number of aliphatic carboxylic acids is 1. The number of hydrogen-bond donors (Lipinski definition) is 1. The molecule has 3 aromatic carbocycles. The smallest absolute Gasteiger partial charge is 0.343 e. The van der Waals surface area contributed by atoms with Gasteiger partial charge in [0.15, 0.2) is 18.1 Å². The Balaban J connectivity index is 1.83. The third-order valence-corrected chi connectivity index (χ3v) is 6.06. The number of carboxylic acid groups (broad SMARTS) is 1. The van der Waals surface area contributed by atoms with E-state index in [4.69, 9.17) is 14.6 Å². The van der Waals surface area contributed by atoms with Crippen molar-refractivity contribution in [2.75, 3.05) is 23.0 Å². The van der Waals surface area contributed by atoms with Crippen molar-refractivity contribution in [2.45, 2.75) is 6.92 Å². The third kappa shape index (κ3) is 5.48. The molecule has 10 heteroatoms.